The van der Waals surface area contributed by atoms with Gasteiger partial charge in [0, 0.05) is 0 Å². The molecule has 1 aromatic rings. The molecule has 1 aromatic heterocycles. The maximum atomic E-state index is 2.56. The monoisotopic (exact) mass is 220 g/mol. The van der Waals surface area contributed by atoms with E-state index in [2.05, 4.69) is 11.6 Å². The van der Waals surface area contributed by atoms with Crippen molar-refractivity contribution in [3.63, 3.8) is 0 Å². The molecular formula is C14H21P. The molecule has 0 unspecified atom stereocenters. The van der Waals surface area contributed by atoms with Gasteiger partial charge in [-0.15, -0.1) is 8.19 Å². The lowest BCUT2D eigenvalue weighted by atomic mass is 9.89. The standard InChI is InChI=1S/C14H21P/c1-2-6-11(5-1)13-9-15-10-14(13)12-7-3-4-8-12/h9-12,15H,1-8H2. The third-order valence-electron chi connectivity index (χ3n) is 4.40. The summed E-state index contributed by atoms with van der Waals surface area (Å²) in [7, 11) is 0.998. The molecule has 2 aliphatic rings. The average Bonchev–Trinajstić information content (AvgIpc) is 3.01. The molecule has 2 saturated carbocycles. The van der Waals surface area contributed by atoms with Gasteiger partial charge in [0.1, 0.15) is 0 Å². The minimum Gasteiger partial charge on any atom is -0.139 e. The Kier molecular flexibility index (Phi) is 2.88. The molecule has 0 aliphatic heterocycles. The number of hydrogen-bond acceptors (Lipinski definition) is 0. The van der Waals surface area contributed by atoms with E-state index < -0.39 is 0 Å². The quantitative estimate of drug-likeness (QED) is 0.655. The zero-order valence-corrected chi connectivity index (χ0v) is 10.5. The van der Waals surface area contributed by atoms with Crippen LogP contribution in [0.5, 0.6) is 0 Å². The van der Waals surface area contributed by atoms with Crippen molar-refractivity contribution in [3.8, 4) is 0 Å². The van der Waals surface area contributed by atoms with E-state index in [4.69, 9.17) is 0 Å². The highest BCUT2D eigenvalue weighted by Gasteiger charge is 2.25. The van der Waals surface area contributed by atoms with Crippen molar-refractivity contribution in [2.24, 2.45) is 0 Å². The summed E-state index contributed by atoms with van der Waals surface area (Å²) < 4.78 is 0. The Morgan fingerprint density at radius 1 is 0.733 bits per heavy atom. The zero-order chi connectivity index (χ0) is 10.1. The average molecular weight is 220 g/mol. The summed E-state index contributed by atoms with van der Waals surface area (Å²) in [5.74, 6) is 7.02. The number of rotatable bonds is 2. The molecule has 0 bridgehead atoms. The molecule has 0 nitrogen and oxygen atoms in total. The summed E-state index contributed by atoms with van der Waals surface area (Å²) in [4.78, 5) is 0. The molecule has 0 N–H and O–H groups in total. The molecule has 1 heterocycles. The van der Waals surface area contributed by atoms with Crippen LogP contribution in [0.25, 0.3) is 0 Å². The van der Waals surface area contributed by atoms with E-state index in [0.717, 1.165) is 20.0 Å². The molecule has 0 saturated heterocycles. The molecule has 0 radical (unpaired) electrons. The first kappa shape index (κ1) is 9.97. The first-order valence-corrected chi connectivity index (χ1v) is 7.77. The summed E-state index contributed by atoms with van der Waals surface area (Å²) >= 11 is 0. The van der Waals surface area contributed by atoms with Crippen LogP contribution in [0.1, 0.15) is 74.3 Å². The van der Waals surface area contributed by atoms with E-state index >= 15 is 0 Å². The number of hydrogen-bond donors (Lipinski definition) is 0. The highest BCUT2D eigenvalue weighted by Crippen LogP contribution is 2.44. The van der Waals surface area contributed by atoms with E-state index in [9.17, 15) is 0 Å². The Balaban J connectivity index is 1.84. The Hall–Kier alpha value is -0.220. The summed E-state index contributed by atoms with van der Waals surface area (Å²) in [5, 5.41) is 0. The molecule has 1 heteroatoms. The van der Waals surface area contributed by atoms with Crippen molar-refractivity contribution in [1.82, 2.24) is 0 Å². The van der Waals surface area contributed by atoms with Gasteiger partial charge in [0.05, 0.1) is 0 Å². The maximum Gasteiger partial charge on any atom is -0.0156 e. The summed E-state index contributed by atoms with van der Waals surface area (Å²) in [5.41, 5.74) is 3.58. The predicted octanol–water partition coefficient (Wildman–Crippen LogP) is 5.03. The largest absolute Gasteiger partial charge is 0.139 e. The van der Waals surface area contributed by atoms with Crippen molar-refractivity contribution in [1.29, 1.82) is 0 Å². The molecule has 0 aromatic carbocycles. The highest BCUT2D eigenvalue weighted by molar-refractivity contribution is 7.28. The van der Waals surface area contributed by atoms with Gasteiger partial charge in [0.2, 0.25) is 0 Å². The van der Waals surface area contributed by atoms with Crippen LogP contribution in [-0.4, -0.2) is 0 Å². The third kappa shape index (κ3) is 1.89. The lowest BCUT2D eigenvalue weighted by Gasteiger charge is -2.15. The highest BCUT2D eigenvalue weighted by atomic mass is 31.0. The molecule has 2 aliphatic carbocycles. The van der Waals surface area contributed by atoms with E-state index in [1.165, 1.54) is 51.4 Å². The molecule has 15 heavy (non-hydrogen) atoms. The van der Waals surface area contributed by atoms with Gasteiger partial charge in [0.25, 0.3) is 0 Å². The van der Waals surface area contributed by atoms with Crippen LogP contribution in [-0.2, 0) is 0 Å². The van der Waals surface area contributed by atoms with Crippen molar-refractivity contribution >= 4 is 8.19 Å². The van der Waals surface area contributed by atoms with Gasteiger partial charge in [-0.2, -0.15) is 0 Å². The van der Waals surface area contributed by atoms with Crippen LogP contribution < -0.4 is 0 Å². The Morgan fingerprint density at radius 2 is 1.13 bits per heavy atom. The first-order valence-electron chi connectivity index (χ1n) is 6.62. The molecule has 0 amide bonds. The van der Waals surface area contributed by atoms with E-state index in [1.54, 1.807) is 11.1 Å². The van der Waals surface area contributed by atoms with E-state index in [-0.39, 0.29) is 0 Å². The van der Waals surface area contributed by atoms with Gasteiger partial charge in [-0.25, -0.2) is 0 Å². The van der Waals surface area contributed by atoms with Crippen molar-refractivity contribution in [2.75, 3.05) is 0 Å². The van der Waals surface area contributed by atoms with Crippen LogP contribution >= 0.6 is 8.19 Å². The second kappa shape index (κ2) is 4.34. The van der Waals surface area contributed by atoms with Crippen LogP contribution in [0.2, 0.25) is 0 Å². The predicted molar refractivity (Wildman–Crippen MR) is 68.4 cm³/mol. The second-order valence-electron chi connectivity index (χ2n) is 5.33. The fourth-order valence-corrected chi connectivity index (χ4v) is 4.82. The minimum absolute atomic E-state index is 0.951. The fraction of sp³-hybridized carbons (Fsp3) is 0.714. The zero-order valence-electron chi connectivity index (χ0n) is 9.47. The first-order chi connectivity index (χ1) is 7.45. The molecule has 3 rings (SSSR count). The summed E-state index contributed by atoms with van der Waals surface area (Å²) in [6, 6.07) is 0. The van der Waals surface area contributed by atoms with Crippen molar-refractivity contribution < 1.29 is 0 Å². The second-order valence-corrected chi connectivity index (χ2v) is 6.24. The van der Waals surface area contributed by atoms with Crippen LogP contribution in [0.15, 0.2) is 11.6 Å². The van der Waals surface area contributed by atoms with E-state index in [0.29, 0.717) is 0 Å². The van der Waals surface area contributed by atoms with Gasteiger partial charge >= 0.3 is 0 Å². The van der Waals surface area contributed by atoms with Gasteiger partial charge in [-0.05, 0) is 60.2 Å². The molecule has 82 valence electrons. The van der Waals surface area contributed by atoms with Crippen molar-refractivity contribution in [2.45, 2.75) is 63.2 Å². The van der Waals surface area contributed by atoms with Gasteiger partial charge in [-0.3, -0.25) is 0 Å². The van der Waals surface area contributed by atoms with E-state index in [1.807, 2.05) is 0 Å². The Bertz CT molecular complexity index is 283. The maximum absolute atomic E-state index is 2.56. The SMILES string of the molecule is c1[pH]cc(C2CCCC2)c1C1CCCC1. The lowest BCUT2D eigenvalue weighted by Crippen LogP contribution is -1.99. The molecular weight excluding hydrogens is 199 g/mol. The summed E-state index contributed by atoms with van der Waals surface area (Å²) in [6.45, 7) is 0. The normalized spacial score (nSPS) is 24.0. The Morgan fingerprint density at radius 3 is 1.53 bits per heavy atom. The van der Waals surface area contributed by atoms with Crippen molar-refractivity contribution in [3.05, 3.63) is 22.7 Å². The minimum atomic E-state index is 0.951. The molecule has 0 atom stereocenters. The molecule has 0 spiro atoms. The summed E-state index contributed by atoms with van der Waals surface area (Å²) in [6.07, 6.45) is 11.8. The van der Waals surface area contributed by atoms with Crippen LogP contribution in [0.4, 0.5) is 0 Å². The molecule has 2 fully saturated rings. The van der Waals surface area contributed by atoms with Gasteiger partial charge in [0.15, 0.2) is 0 Å². The smallest absolute Gasteiger partial charge is 0.0156 e. The fourth-order valence-electron chi connectivity index (χ4n) is 3.57. The topological polar surface area (TPSA) is 0 Å². The lowest BCUT2D eigenvalue weighted by molar-refractivity contribution is 0.670. The third-order valence-corrected chi connectivity index (χ3v) is 5.36. The van der Waals surface area contributed by atoms with Gasteiger partial charge in [-0.1, -0.05) is 25.7 Å². The van der Waals surface area contributed by atoms with Crippen LogP contribution in [0.3, 0.4) is 0 Å². The Labute approximate surface area is 94.6 Å². The van der Waals surface area contributed by atoms with Gasteiger partial charge < -0.3 is 0 Å². The van der Waals surface area contributed by atoms with Crippen LogP contribution in [0, 0.1) is 0 Å².